The average Bonchev–Trinajstić information content (AvgIpc) is 3.49. The largest absolute Gasteiger partial charge is 0.534 e. The quantitative estimate of drug-likeness (QED) is 0.0881. The lowest BCUT2D eigenvalue weighted by Crippen LogP contribution is -2.39. The highest BCUT2D eigenvalue weighted by atomic mass is 16.8. The van der Waals surface area contributed by atoms with Crippen molar-refractivity contribution in [2.75, 3.05) is 19.6 Å². The molecule has 6 amide bonds. The van der Waals surface area contributed by atoms with Crippen LogP contribution in [0.2, 0.25) is 0 Å². The predicted molar refractivity (Wildman–Crippen MR) is 161 cm³/mol. The van der Waals surface area contributed by atoms with Gasteiger partial charge in [-0.3, -0.25) is 43.3 Å². The molecule has 2 aliphatic heterocycles. The van der Waals surface area contributed by atoms with Gasteiger partial charge in [-0.05, 0) is 44.4 Å². The number of aliphatic carboxylic acids is 1. The van der Waals surface area contributed by atoms with Crippen LogP contribution in [0.3, 0.4) is 0 Å². The molecule has 0 aromatic carbocycles. The molecule has 256 valence electrons. The lowest BCUT2D eigenvalue weighted by Gasteiger charge is -2.27. The maximum Gasteiger partial charge on any atom is 0.534 e. The van der Waals surface area contributed by atoms with Gasteiger partial charge >= 0.3 is 12.1 Å². The van der Waals surface area contributed by atoms with Crippen LogP contribution in [0, 0.1) is 11.8 Å². The fraction of sp³-hybridized carbons (Fsp3) is 0.677. The Kier molecular flexibility index (Phi) is 16.4. The molecule has 0 spiro atoms. The van der Waals surface area contributed by atoms with Crippen molar-refractivity contribution in [3.63, 3.8) is 0 Å². The second kappa shape index (κ2) is 20.0. The average molecular weight is 651 g/mol. The van der Waals surface area contributed by atoms with Gasteiger partial charge in [0, 0.05) is 57.5 Å². The molecule has 2 atom stereocenters. The van der Waals surface area contributed by atoms with E-state index in [0.29, 0.717) is 69.6 Å². The molecule has 15 heteroatoms. The van der Waals surface area contributed by atoms with E-state index in [1.165, 1.54) is 17.1 Å². The van der Waals surface area contributed by atoms with E-state index in [-0.39, 0.29) is 48.8 Å². The van der Waals surface area contributed by atoms with Gasteiger partial charge in [0.05, 0.1) is 5.92 Å². The van der Waals surface area contributed by atoms with Crippen LogP contribution in [0.15, 0.2) is 12.2 Å². The van der Waals surface area contributed by atoms with E-state index in [9.17, 15) is 43.5 Å². The molecule has 2 heterocycles. The Labute approximate surface area is 268 Å². The van der Waals surface area contributed by atoms with Gasteiger partial charge in [0.25, 0.3) is 23.6 Å². The molecule has 15 nitrogen and oxygen atoms in total. The summed E-state index contributed by atoms with van der Waals surface area (Å²) in [6.07, 6.45) is 6.01. The van der Waals surface area contributed by atoms with Crippen LogP contribution < -0.4 is 10.6 Å². The molecule has 2 rings (SSSR count). The third kappa shape index (κ3) is 13.4. The summed E-state index contributed by atoms with van der Waals surface area (Å²) in [7, 11) is 0. The van der Waals surface area contributed by atoms with Gasteiger partial charge in [-0.25, -0.2) is 4.79 Å². The number of carbonyl (C=O) groups excluding carboxylic acids is 7. The molecule has 0 radical (unpaired) electrons. The van der Waals surface area contributed by atoms with Gasteiger partial charge in [0.15, 0.2) is 0 Å². The van der Waals surface area contributed by atoms with E-state index in [1.54, 1.807) is 13.8 Å². The van der Waals surface area contributed by atoms with Gasteiger partial charge in [0.2, 0.25) is 11.8 Å². The molecule has 0 aromatic heterocycles. The zero-order chi connectivity index (χ0) is 34.1. The Bertz CT molecular complexity index is 1120. The highest BCUT2D eigenvalue weighted by Crippen LogP contribution is 2.24. The summed E-state index contributed by atoms with van der Waals surface area (Å²) < 4.78 is 5.22. The third-order valence-corrected chi connectivity index (χ3v) is 7.63. The SMILES string of the molecule is CC(C)C(OC(=O)ON1C(=O)CCC1=O)C(CCCCNC(=O)CCCCCNC(=O)CCCCCN1C(=O)C=CC1=O)C(=O)O. The standard InChI is InChI=1S/C31H46N4O11/c1-21(2)29(45-31(44)46-35-27(40)16-17-28(35)41)22(30(42)43)11-7-9-19-33-23(36)12-5-3-8-18-32-24(37)13-6-4-10-20-34-25(38)14-15-26(34)39/h14-15,21-22,29H,3-13,16-20H2,1-2H3,(H,32,37)(H,33,36)(H,42,43). The first-order chi connectivity index (χ1) is 21.9. The van der Waals surface area contributed by atoms with E-state index >= 15 is 0 Å². The van der Waals surface area contributed by atoms with Crippen molar-refractivity contribution in [3.8, 4) is 0 Å². The Hall–Kier alpha value is -4.30. The number of ether oxygens (including phenoxy) is 1. The van der Waals surface area contributed by atoms with Crippen LogP contribution in [0.4, 0.5) is 4.79 Å². The molecular weight excluding hydrogens is 604 g/mol. The van der Waals surface area contributed by atoms with Crippen molar-refractivity contribution in [2.45, 2.75) is 103 Å². The maximum atomic E-state index is 12.2. The van der Waals surface area contributed by atoms with E-state index in [4.69, 9.17) is 9.57 Å². The van der Waals surface area contributed by atoms with Crippen molar-refractivity contribution in [3.05, 3.63) is 12.2 Å². The van der Waals surface area contributed by atoms with Crippen LogP contribution in [0.5, 0.6) is 0 Å². The summed E-state index contributed by atoms with van der Waals surface area (Å²) in [4.78, 5) is 100. The van der Waals surface area contributed by atoms with E-state index in [2.05, 4.69) is 10.6 Å². The van der Waals surface area contributed by atoms with Crippen LogP contribution in [-0.4, -0.2) is 88.4 Å². The number of rotatable bonds is 22. The minimum absolute atomic E-state index is 0.0564. The Morgan fingerprint density at radius 1 is 0.783 bits per heavy atom. The Balaban J connectivity index is 1.51. The van der Waals surface area contributed by atoms with Gasteiger partial charge < -0.3 is 20.5 Å². The number of unbranched alkanes of at least 4 members (excludes halogenated alkanes) is 5. The smallest absolute Gasteiger partial charge is 0.481 e. The van der Waals surface area contributed by atoms with Crippen LogP contribution in [0.1, 0.15) is 97.3 Å². The van der Waals surface area contributed by atoms with Crippen molar-refractivity contribution in [1.82, 2.24) is 20.6 Å². The van der Waals surface area contributed by atoms with E-state index in [0.717, 1.165) is 19.3 Å². The van der Waals surface area contributed by atoms with Crippen molar-refractivity contribution in [2.24, 2.45) is 11.8 Å². The number of nitrogens with zero attached hydrogens (tertiary/aromatic N) is 2. The molecule has 0 saturated carbocycles. The lowest BCUT2D eigenvalue weighted by atomic mass is 9.89. The number of hydrogen-bond acceptors (Lipinski definition) is 10. The highest BCUT2D eigenvalue weighted by molar-refractivity contribution is 6.12. The second-order valence-corrected chi connectivity index (χ2v) is 11.7. The van der Waals surface area contributed by atoms with Crippen LogP contribution >= 0.6 is 0 Å². The summed E-state index contributed by atoms with van der Waals surface area (Å²) in [6.45, 7) is 4.59. The molecule has 1 fully saturated rings. The Morgan fingerprint density at radius 2 is 1.30 bits per heavy atom. The minimum atomic E-state index is -1.32. The number of imide groups is 2. The van der Waals surface area contributed by atoms with Gasteiger partial charge in [-0.2, -0.15) is 0 Å². The minimum Gasteiger partial charge on any atom is -0.481 e. The van der Waals surface area contributed by atoms with Gasteiger partial charge in [-0.1, -0.05) is 38.2 Å². The molecule has 2 unspecified atom stereocenters. The molecule has 46 heavy (non-hydrogen) atoms. The number of carboxylic acid groups (broad SMARTS) is 1. The van der Waals surface area contributed by atoms with Gasteiger partial charge in [0.1, 0.15) is 6.10 Å². The molecular formula is C31H46N4O11. The number of carboxylic acids is 1. The first-order valence-corrected chi connectivity index (χ1v) is 15.9. The van der Waals surface area contributed by atoms with Crippen molar-refractivity contribution in [1.29, 1.82) is 0 Å². The van der Waals surface area contributed by atoms with Gasteiger partial charge in [-0.15, -0.1) is 0 Å². The zero-order valence-electron chi connectivity index (χ0n) is 26.6. The predicted octanol–water partition coefficient (Wildman–Crippen LogP) is 2.38. The van der Waals surface area contributed by atoms with Crippen molar-refractivity contribution >= 4 is 47.6 Å². The third-order valence-electron chi connectivity index (χ3n) is 7.63. The maximum absolute atomic E-state index is 12.2. The normalized spacial score (nSPS) is 15.8. The lowest BCUT2D eigenvalue weighted by molar-refractivity contribution is -0.181. The molecule has 0 bridgehead atoms. The summed E-state index contributed by atoms with van der Waals surface area (Å²) in [6, 6.07) is 0. The second-order valence-electron chi connectivity index (χ2n) is 11.7. The summed E-state index contributed by atoms with van der Waals surface area (Å²) >= 11 is 0. The highest BCUT2D eigenvalue weighted by Gasteiger charge is 2.37. The van der Waals surface area contributed by atoms with Crippen LogP contribution in [0.25, 0.3) is 0 Å². The number of hydroxylamine groups is 2. The summed E-state index contributed by atoms with van der Waals surface area (Å²) in [5, 5.41) is 15.8. The number of amides is 6. The molecule has 2 aliphatic rings. The molecule has 3 N–H and O–H groups in total. The fourth-order valence-electron chi connectivity index (χ4n) is 5.07. The molecule has 0 aromatic rings. The zero-order valence-corrected chi connectivity index (χ0v) is 26.6. The summed E-state index contributed by atoms with van der Waals surface area (Å²) in [5.41, 5.74) is 0. The molecule has 0 aliphatic carbocycles. The van der Waals surface area contributed by atoms with Crippen LogP contribution in [-0.2, 0) is 43.1 Å². The topological polar surface area (TPSA) is 206 Å². The number of hydrogen-bond donors (Lipinski definition) is 3. The molecule has 1 saturated heterocycles. The summed E-state index contributed by atoms with van der Waals surface area (Å²) in [5.74, 6) is -4.72. The fourth-order valence-corrected chi connectivity index (χ4v) is 5.07. The monoisotopic (exact) mass is 650 g/mol. The van der Waals surface area contributed by atoms with E-state index in [1.807, 2.05) is 0 Å². The van der Waals surface area contributed by atoms with E-state index < -0.39 is 36.0 Å². The number of nitrogens with one attached hydrogen (secondary N) is 2. The number of carbonyl (C=O) groups is 8. The first-order valence-electron chi connectivity index (χ1n) is 15.9. The first kappa shape index (κ1) is 37.9. The Morgan fingerprint density at radius 3 is 1.83 bits per heavy atom. The van der Waals surface area contributed by atoms with Crippen molar-refractivity contribution < 1.29 is 53.0 Å².